The number of halogens is 4. The number of hydrogen-bond acceptors (Lipinski definition) is 1. The minimum Gasteiger partial charge on any atom is -0.490 e. The lowest BCUT2D eigenvalue weighted by molar-refractivity contribution is 0.212. The van der Waals surface area contributed by atoms with E-state index in [1.54, 1.807) is 36.4 Å². The lowest BCUT2D eigenvalue weighted by Gasteiger charge is -2.34. The molecule has 2 aliphatic rings. The average Bonchev–Trinajstić information content (AvgIpc) is 3.09. The van der Waals surface area contributed by atoms with Crippen LogP contribution in [-0.2, 0) is 0 Å². The van der Waals surface area contributed by atoms with Crippen molar-refractivity contribution in [3.8, 4) is 28.0 Å². The molecule has 1 atom stereocenters. The van der Waals surface area contributed by atoms with Gasteiger partial charge in [-0.15, -0.1) is 6.58 Å². The Balaban J connectivity index is 1.20. The average molecular weight is 633 g/mol. The zero-order chi connectivity index (χ0) is 32.5. The van der Waals surface area contributed by atoms with Gasteiger partial charge in [-0.3, -0.25) is 0 Å². The molecule has 0 radical (unpaired) electrons. The van der Waals surface area contributed by atoms with Gasteiger partial charge in [-0.2, -0.15) is 4.39 Å². The van der Waals surface area contributed by atoms with Gasteiger partial charge in [-0.1, -0.05) is 94.0 Å². The maximum Gasteiger partial charge on any atom is 0.201 e. The molecule has 0 aromatic heterocycles. The normalized spacial score (nSPS) is 19.9. The standard InChI is InChI=1S/C41H48F4O/c1-3-5-6-7-8-9-10-27-46-37-26-25-36(40(44)41(37)45)33-21-19-32(20-22-33)35-24-23-34(38(42)39(35)43)31-17-15-30(16-18-31)29-13-11-28(4-2)12-14-29/h4,17,19-26,28-30H,2-3,5-16,18,27H2,1H3. The van der Waals surface area contributed by atoms with Crippen LogP contribution in [0.5, 0.6) is 5.75 Å². The third kappa shape index (κ3) is 8.14. The molecule has 1 unspecified atom stereocenters. The Kier molecular flexibility index (Phi) is 12.2. The van der Waals surface area contributed by atoms with E-state index in [1.807, 2.05) is 0 Å². The van der Waals surface area contributed by atoms with Gasteiger partial charge in [0.2, 0.25) is 5.82 Å². The molecule has 0 amide bonds. The number of benzene rings is 3. The molecule has 0 spiro atoms. The summed E-state index contributed by atoms with van der Waals surface area (Å²) in [6.45, 7) is 6.47. The Hall–Kier alpha value is -3.34. The van der Waals surface area contributed by atoms with Crippen LogP contribution in [0.4, 0.5) is 17.6 Å². The van der Waals surface area contributed by atoms with E-state index in [1.165, 1.54) is 63.5 Å². The molecule has 3 aromatic rings. The van der Waals surface area contributed by atoms with Crippen molar-refractivity contribution in [2.75, 3.05) is 6.61 Å². The van der Waals surface area contributed by atoms with Crippen molar-refractivity contribution in [2.45, 2.75) is 96.8 Å². The highest BCUT2D eigenvalue weighted by molar-refractivity contribution is 5.74. The second kappa shape index (κ2) is 16.5. The van der Waals surface area contributed by atoms with Gasteiger partial charge in [0.15, 0.2) is 23.2 Å². The largest absolute Gasteiger partial charge is 0.490 e. The summed E-state index contributed by atoms with van der Waals surface area (Å²) in [5, 5.41) is 0. The van der Waals surface area contributed by atoms with Gasteiger partial charge in [0.05, 0.1) is 6.61 Å². The van der Waals surface area contributed by atoms with Gasteiger partial charge in [-0.25, -0.2) is 13.2 Å². The fourth-order valence-electron chi connectivity index (χ4n) is 7.34. The Morgan fingerprint density at radius 3 is 1.83 bits per heavy atom. The molecule has 0 N–H and O–H groups in total. The number of hydrogen-bond donors (Lipinski definition) is 0. The first-order valence-corrected chi connectivity index (χ1v) is 17.4. The van der Waals surface area contributed by atoms with Crippen molar-refractivity contribution in [1.82, 2.24) is 0 Å². The quantitative estimate of drug-likeness (QED) is 0.0976. The Morgan fingerprint density at radius 1 is 0.652 bits per heavy atom. The third-order valence-corrected chi connectivity index (χ3v) is 10.3. The molecule has 3 aromatic carbocycles. The molecule has 0 aliphatic heterocycles. The van der Waals surface area contributed by atoms with Gasteiger partial charge >= 0.3 is 0 Å². The van der Waals surface area contributed by atoms with E-state index in [0.29, 0.717) is 41.1 Å². The molecule has 1 saturated carbocycles. The second-order valence-electron chi connectivity index (χ2n) is 13.2. The fraction of sp³-hybridized carbons (Fsp3) is 0.463. The van der Waals surface area contributed by atoms with Gasteiger partial charge in [0.1, 0.15) is 0 Å². The van der Waals surface area contributed by atoms with E-state index >= 15 is 13.2 Å². The van der Waals surface area contributed by atoms with Gasteiger partial charge in [-0.05, 0) is 98.0 Å². The Labute approximate surface area is 272 Å². The monoisotopic (exact) mass is 632 g/mol. The molecule has 0 bridgehead atoms. The molecule has 0 saturated heterocycles. The van der Waals surface area contributed by atoms with E-state index in [2.05, 4.69) is 25.7 Å². The zero-order valence-electron chi connectivity index (χ0n) is 27.2. The lowest BCUT2D eigenvalue weighted by Crippen LogP contribution is -2.22. The minimum absolute atomic E-state index is 0.0885. The van der Waals surface area contributed by atoms with Crippen LogP contribution in [-0.4, -0.2) is 6.61 Å². The molecule has 1 nitrogen and oxygen atoms in total. The summed E-state index contributed by atoms with van der Waals surface area (Å²) in [7, 11) is 0. The highest BCUT2D eigenvalue weighted by Crippen LogP contribution is 2.42. The second-order valence-corrected chi connectivity index (χ2v) is 13.2. The van der Waals surface area contributed by atoms with Gasteiger partial charge in [0, 0.05) is 16.7 Å². The number of allylic oxidation sites excluding steroid dienone is 3. The van der Waals surface area contributed by atoms with E-state index in [0.717, 1.165) is 44.1 Å². The smallest absolute Gasteiger partial charge is 0.201 e. The van der Waals surface area contributed by atoms with Gasteiger partial charge < -0.3 is 4.74 Å². The van der Waals surface area contributed by atoms with E-state index in [-0.39, 0.29) is 16.9 Å². The summed E-state index contributed by atoms with van der Waals surface area (Å²) in [5.41, 5.74) is 2.35. The molecule has 5 heteroatoms. The van der Waals surface area contributed by atoms with Crippen molar-refractivity contribution in [2.24, 2.45) is 17.8 Å². The molecule has 5 rings (SSSR count). The maximum absolute atomic E-state index is 15.4. The molecule has 2 aliphatic carbocycles. The summed E-state index contributed by atoms with van der Waals surface area (Å²) in [6.07, 6.45) is 19.5. The van der Waals surface area contributed by atoms with Crippen LogP contribution in [0.1, 0.15) is 102 Å². The first kappa shape index (κ1) is 34.0. The first-order chi connectivity index (χ1) is 22.4. The molecular weight excluding hydrogens is 584 g/mol. The van der Waals surface area contributed by atoms with Gasteiger partial charge in [0.25, 0.3) is 0 Å². The summed E-state index contributed by atoms with van der Waals surface area (Å²) in [5.74, 6) is -1.88. The highest BCUT2D eigenvalue weighted by atomic mass is 19.2. The molecular formula is C41H48F4O. The van der Waals surface area contributed by atoms with Crippen LogP contribution in [0.15, 0.2) is 67.3 Å². The summed E-state index contributed by atoms with van der Waals surface area (Å²) >= 11 is 0. The van der Waals surface area contributed by atoms with E-state index in [9.17, 15) is 4.39 Å². The van der Waals surface area contributed by atoms with Crippen LogP contribution < -0.4 is 4.74 Å². The molecule has 46 heavy (non-hydrogen) atoms. The topological polar surface area (TPSA) is 9.23 Å². The van der Waals surface area contributed by atoms with Crippen LogP contribution in [0, 0.1) is 41.0 Å². The Bertz CT molecular complexity index is 1480. The molecule has 0 heterocycles. The lowest BCUT2D eigenvalue weighted by atomic mass is 9.71. The van der Waals surface area contributed by atoms with Crippen LogP contribution in [0.2, 0.25) is 0 Å². The number of rotatable bonds is 14. The minimum atomic E-state index is -1.02. The molecule has 246 valence electrons. The highest BCUT2D eigenvalue weighted by Gasteiger charge is 2.29. The molecule has 1 fully saturated rings. The fourth-order valence-corrected chi connectivity index (χ4v) is 7.34. The Morgan fingerprint density at radius 2 is 1.22 bits per heavy atom. The number of ether oxygens (including phenoxy) is 1. The predicted molar refractivity (Wildman–Crippen MR) is 182 cm³/mol. The maximum atomic E-state index is 15.4. The van der Waals surface area contributed by atoms with Crippen molar-refractivity contribution >= 4 is 5.57 Å². The third-order valence-electron chi connectivity index (χ3n) is 10.3. The first-order valence-electron chi connectivity index (χ1n) is 17.4. The van der Waals surface area contributed by atoms with Crippen molar-refractivity contribution in [3.63, 3.8) is 0 Å². The summed E-state index contributed by atoms with van der Waals surface area (Å²) in [6, 6.07) is 12.7. The van der Waals surface area contributed by atoms with Crippen molar-refractivity contribution in [3.05, 3.63) is 96.1 Å². The zero-order valence-corrected chi connectivity index (χ0v) is 27.2. The summed E-state index contributed by atoms with van der Waals surface area (Å²) < 4.78 is 66.2. The van der Waals surface area contributed by atoms with Crippen LogP contribution in [0.3, 0.4) is 0 Å². The summed E-state index contributed by atoms with van der Waals surface area (Å²) in [4.78, 5) is 0. The number of unbranched alkanes of at least 4 members (excludes halogenated alkanes) is 6. The van der Waals surface area contributed by atoms with Crippen molar-refractivity contribution < 1.29 is 22.3 Å². The predicted octanol–water partition coefficient (Wildman–Crippen LogP) is 12.9. The SMILES string of the molecule is C=CC1CCC(C2CC=C(c3ccc(-c4ccc(-c5ccc(OCCCCCCCCC)c(F)c5F)cc4)c(F)c3F)CC2)CC1. The van der Waals surface area contributed by atoms with Crippen LogP contribution >= 0.6 is 0 Å². The van der Waals surface area contributed by atoms with E-state index < -0.39 is 23.3 Å². The van der Waals surface area contributed by atoms with E-state index in [4.69, 9.17) is 4.74 Å². The van der Waals surface area contributed by atoms with Crippen molar-refractivity contribution in [1.29, 1.82) is 0 Å². The van der Waals surface area contributed by atoms with Crippen LogP contribution in [0.25, 0.3) is 27.8 Å².